The van der Waals surface area contributed by atoms with Gasteiger partial charge in [0, 0.05) is 30.2 Å². The third-order valence-corrected chi connectivity index (χ3v) is 5.21. The summed E-state index contributed by atoms with van der Waals surface area (Å²) in [5, 5.41) is 32.0. The van der Waals surface area contributed by atoms with E-state index >= 15 is 0 Å². The molecule has 0 spiro atoms. The van der Waals surface area contributed by atoms with E-state index in [0.717, 1.165) is 42.4 Å². The molecule has 2 aromatic rings. The molecule has 2 N–H and O–H groups in total. The maximum Gasteiger partial charge on any atom is 0.269 e. The van der Waals surface area contributed by atoms with Crippen molar-refractivity contribution in [3.05, 3.63) is 64.2 Å². The molecule has 3 rings (SSSR count). The van der Waals surface area contributed by atoms with Crippen LogP contribution in [0.5, 0.6) is 0 Å². The molecule has 0 aliphatic heterocycles. The summed E-state index contributed by atoms with van der Waals surface area (Å²) < 4.78 is 0. The zero-order valence-corrected chi connectivity index (χ0v) is 15.1. The van der Waals surface area contributed by atoms with Crippen LogP contribution in [0.4, 0.5) is 5.69 Å². The number of hydrogen-bond acceptors (Lipinski definition) is 5. The molecule has 0 heterocycles. The Balaban J connectivity index is 1.68. The highest BCUT2D eigenvalue weighted by atomic mass is 16.6. The summed E-state index contributed by atoms with van der Waals surface area (Å²) in [4.78, 5) is 10.3. The number of hydrogen-bond donors (Lipinski definition) is 2. The minimum absolute atomic E-state index is 0.0654. The summed E-state index contributed by atoms with van der Waals surface area (Å²) in [6.45, 7) is 0. The lowest BCUT2D eigenvalue weighted by atomic mass is 9.83. The first-order valence-corrected chi connectivity index (χ1v) is 9.22. The highest BCUT2D eigenvalue weighted by Crippen LogP contribution is 2.27. The van der Waals surface area contributed by atoms with Crippen molar-refractivity contribution in [3.63, 3.8) is 0 Å². The van der Waals surface area contributed by atoms with Crippen LogP contribution in [-0.4, -0.2) is 21.6 Å². The second-order valence-corrected chi connectivity index (χ2v) is 6.96. The van der Waals surface area contributed by atoms with Gasteiger partial charge in [-0.2, -0.15) is 0 Å². The maximum atomic E-state index is 10.7. The van der Waals surface area contributed by atoms with Crippen molar-refractivity contribution in [1.82, 2.24) is 0 Å². The Morgan fingerprint density at radius 2 is 1.59 bits per heavy atom. The van der Waals surface area contributed by atoms with E-state index in [9.17, 15) is 15.3 Å². The lowest BCUT2D eigenvalue weighted by Gasteiger charge is -2.22. The Kier molecular flexibility index (Phi) is 5.96. The van der Waals surface area contributed by atoms with Crippen molar-refractivity contribution in [2.75, 3.05) is 0 Å². The summed E-state index contributed by atoms with van der Waals surface area (Å²) in [6, 6.07) is 14.0. The van der Waals surface area contributed by atoms with Crippen LogP contribution in [0, 0.1) is 21.4 Å². The Morgan fingerprint density at radius 3 is 2.11 bits per heavy atom. The molecule has 1 saturated carbocycles. The Hall–Kier alpha value is -3.02. The average Bonchev–Trinajstić information content (AvgIpc) is 2.72. The number of rotatable bonds is 6. The Labute approximate surface area is 158 Å². The van der Waals surface area contributed by atoms with Gasteiger partial charge in [-0.3, -0.25) is 10.1 Å². The zero-order valence-electron chi connectivity index (χ0n) is 15.1. The van der Waals surface area contributed by atoms with E-state index in [0.29, 0.717) is 17.8 Å². The summed E-state index contributed by atoms with van der Waals surface area (Å²) in [5.74, 6) is 0.281. The SMILES string of the molecule is N=C(C/C(=N/O)C1CCCCC1)c1ccc(-c2ccc([N+](=O)[O-])cc2)cc1. The molecule has 6 nitrogen and oxygen atoms in total. The van der Waals surface area contributed by atoms with E-state index in [4.69, 9.17) is 5.41 Å². The maximum absolute atomic E-state index is 10.7. The van der Waals surface area contributed by atoms with E-state index in [-0.39, 0.29) is 11.6 Å². The van der Waals surface area contributed by atoms with Gasteiger partial charge in [0.1, 0.15) is 0 Å². The predicted octanol–water partition coefficient (Wildman–Crippen LogP) is 5.43. The highest BCUT2D eigenvalue weighted by Gasteiger charge is 2.21. The number of non-ortho nitro benzene ring substituents is 1. The van der Waals surface area contributed by atoms with Crippen LogP contribution in [0.25, 0.3) is 11.1 Å². The van der Waals surface area contributed by atoms with Crippen molar-refractivity contribution in [1.29, 1.82) is 5.41 Å². The molecule has 0 unspecified atom stereocenters. The number of nitro benzene ring substituents is 1. The lowest BCUT2D eigenvalue weighted by molar-refractivity contribution is -0.384. The molecule has 6 heteroatoms. The summed E-state index contributed by atoms with van der Waals surface area (Å²) in [5.41, 5.74) is 3.82. The molecule has 0 atom stereocenters. The quantitative estimate of drug-likeness (QED) is 0.309. The van der Waals surface area contributed by atoms with Gasteiger partial charge in [0.15, 0.2) is 0 Å². The van der Waals surface area contributed by atoms with Crippen LogP contribution in [0.3, 0.4) is 0 Å². The minimum Gasteiger partial charge on any atom is -0.411 e. The third kappa shape index (κ3) is 4.58. The number of benzene rings is 2. The molecule has 0 radical (unpaired) electrons. The zero-order chi connectivity index (χ0) is 19.2. The van der Waals surface area contributed by atoms with E-state index in [1.165, 1.54) is 18.6 Å². The minimum atomic E-state index is -0.416. The van der Waals surface area contributed by atoms with Crippen LogP contribution in [0.1, 0.15) is 44.1 Å². The normalized spacial score (nSPS) is 15.5. The fourth-order valence-corrected chi connectivity index (χ4v) is 3.62. The smallest absolute Gasteiger partial charge is 0.269 e. The van der Waals surface area contributed by atoms with Crippen molar-refractivity contribution in [2.24, 2.45) is 11.1 Å². The van der Waals surface area contributed by atoms with Gasteiger partial charge in [0.25, 0.3) is 5.69 Å². The van der Waals surface area contributed by atoms with Crippen molar-refractivity contribution >= 4 is 17.1 Å². The monoisotopic (exact) mass is 365 g/mol. The number of oxime groups is 1. The van der Waals surface area contributed by atoms with Gasteiger partial charge in [0.2, 0.25) is 0 Å². The largest absolute Gasteiger partial charge is 0.411 e. The first kappa shape index (κ1) is 18.8. The van der Waals surface area contributed by atoms with Crippen LogP contribution >= 0.6 is 0 Å². The first-order chi connectivity index (χ1) is 13.1. The third-order valence-electron chi connectivity index (χ3n) is 5.21. The summed E-state index contributed by atoms with van der Waals surface area (Å²) in [7, 11) is 0. The molecule has 140 valence electrons. The molecule has 27 heavy (non-hydrogen) atoms. The number of nitrogens with zero attached hydrogens (tertiary/aromatic N) is 2. The molecule has 1 fully saturated rings. The van der Waals surface area contributed by atoms with Crippen LogP contribution in [0.2, 0.25) is 0 Å². The Bertz CT molecular complexity index is 836. The number of nitrogens with one attached hydrogen (secondary N) is 1. The summed E-state index contributed by atoms with van der Waals surface area (Å²) in [6.07, 6.45) is 5.97. The Morgan fingerprint density at radius 1 is 1.04 bits per heavy atom. The lowest BCUT2D eigenvalue weighted by Crippen LogP contribution is -2.21. The summed E-state index contributed by atoms with van der Waals surface area (Å²) >= 11 is 0. The van der Waals surface area contributed by atoms with Crippen LogP contribution in [-0.2, 0) is 0 Å². The van der Waals surface area contributed by atoms with Gasteiger partial charge in [-0.1, -0.05) is 48.7 Å². The molecule has 0 amide bonds. The average molecular weight is 365 g/mol. The molecular formula is C21H23N3O3. The van der Waals surface area contributed by atoms with Gasteiger partial charge >= 0.3 is 0 Å². The highest BCUT2D eigenvalue weighted by molar-refractivity contribution is 6.11. The van der Waals surface area contributed by atoms with Gasteiger partial charge < -0.3 is 10.6 Å². The van der Waals surface area contributed by atoms with E-state index in [2.05, 4.69) is 5.16 Å². The molecule has 0 saturated heterocycles. The molecule has 0 aromatic heterocycles. The van der Waals surface area contributed by atoms with Gasteiger partial charge in [-0.15, -0.1) is 0 Å². The van der Waals surface area contributed by atoms with Crippen molar-refractivity contribution in [2.45, 2.75) is 38.5 Å². The first-order valence-electron chi connectivity index (χ1n) is 9.22. The van der Waals surface area contributed by atoms with Gasteiger partial charge in [-0.05, 0) is 41.7 Å². The fourth-order valence-electron chi connectivity index (χ4n) is 3.62. The predicted molar refractivity (Wildman–Crippen MR) is 106 cm³/mol. The standard InChI is InChI=1S/C21H23N3O3/c22-20(14-21(23-25)18-4-2-1-3-5-18)17-8-6-15(7-9-17)16-10-12-19(13-11-16)24(26)27/h6-13,18,22,25H,1-5,14H2/b22-20?,23-21-. The van der Waals surface area contributed by atoms with E-state index < -0.39 is 4.92 Å². The molecule has 1 aliphatic carbocycles. The van der Waals surface area contributed by atoms with Crippen LogP contribution in [0.15, 0.2) is 53.7 Å². The molecule has 0 bridgehead atoms. The molecule has 1 aliphatic rings. The fraction of sp³-hybridized carbons (Fsp3) is 0.333. The van der Waals surface area contributed by atoms with E-state index in [1.54, 1.807) is 12.1 Å². The van der Waals surface area contributed by atoms with Gasteiger partial charge in [0.05, 0.1) is 10.6 Å². The molecule has 2 aromatic carbocycles. The van der Waals surface area contributed by atoms with Crippen LogP contribution < -0.4 is 0 Å². The topological polar surface area (TPSA) is 99.6 Å². The second-order valence-electron chi connectivity index (χ2n) is 6.96. The van der Waals surface area contributed by atoms with E-state index in [1.807, 2.05) is 24.3 Å². The van der Waals surface area contributed by atoms with Crippen molar-refractivity contribution < 1.29 is 10.1 Å². The number of nitro groups is 1. The van der Waals surface area contributed by atoms with Gasteiger partial charge in [-0.25, -0.2) is 0 Å². The van der Waals surface area contributed by atoms with Crippen molar-refractivity contribution in [3.8, 4) is 11.1 Å². The second kappa shape index (κ2) is 8.58. The molecular weight excluding hydrogens is 342 g/mol.